The lowest BCUT2D eigenvalue weighted by Gasteiger charge is -2.11. The molecule has 0 saturated carbocycles. The minimum Gasteiger partial charge on any atom is -0.333 e. The van der Waals surface area contributed by atoms with Gasteiger partial charge in [-0.25, -0.2) is 0 Å². The molecule has 0 saturated heterocycles. The van der Waals surface area contributed by atoms with Crippen molar-refractivity contribution in [3.63, 3.8) is 0 Å². The molecule has 22 heavy (non-hydrogen) atoms. The van der Waals surface area contributed by atoms with Crippen LogP contribution in [-0.4, -0.2) is 18.2 Å². The summed E-state index contributed by atoms with van der Waals surface area (Å²) in [6, 6.07) is 17.3. The van der Waals surface area contributed by atoms with Crippen LogP contribution in [0.25, 0.3) is 0 Å². The maximum Gasteiger partial charge on any atom is 0.279 e. The number of carbonyl (C=O) groups excluding carboxylic acids is 2. The molecule has 0 radical (unpaired) electrons. The van der Waals surface area contributed by atoms with Gasteiger partial charge in [-0.15, -0.1) is 0 Å². The Balaban J connectivity index is 1.88. The molecule has 4 heteroatoms. The number of benzene rings is 2. The molecule has 2 aromatic carbocycles. The van der Waals surface area contributed by atoms with E-state index in [1.54, 1.807) is 24.3 Å². The van der Waals surface area contributed by atoms with Crippen LogP contribution >= 0.6 is 0 Å². The molecule has 0 bridgehead atoms. The van der Waals surface area contributed by atoms with Gasteiger partial charge in [0, 0.05) is 16.8 Å². The van der Waals surface area contributed by atoms with E-state index in [0.29, 0.717) is 17.8 Å². The van der Waals surface area contributed by atoms with Gasteiger partial charge >= 0.3 is 0 Å². The summed E-state index contributed by atoms with van der Waals surface area (Å²) in [6.07, 6.45) is 0. The third-order valence-electron chi connectivity index (χ3n) is 3.54. The van der Waals surface area contributed by atoms with E-state index in [-0.39, 0.29) is 17.7 Å². The monoisotopic (exact) mass is 297 g/mol. The molecule has 2 aromatic rings. The number of amides is 1. The smallest absolute Gasteiger partial charge is 0.279 e. The predicted octanol–water partition coefficient (Wildman–Crippen LogP) is 2.15. The molecule has 2 rings (SSSR count). The molecule has 0 spiro atoms. The third kappa shape index (κ3) is 4.53. The summed E-state index contributed by atoms with van der Waals surface area (Å²) in [7, 11) is 0. The van der Waals surface area contributed by atoms with Crippen LogP contribution in [0.3, 0.4) is 0 Å². The largest absolute Gasteiger partial charge is 0.333 e. The molecule has 0 aromatic heterocycles. The maximum atomic E-state index is 12.0. The second-order valence-corrected chi connectivity index (χ2v) is 5.32. The number of carbonyl (C=O) groups is 2. The van der Waals surface area contributed by atoms with E-state index >= 15 is 0 Å². The number of ketones is 1. The average molecular weight is 297 g/mol. The molecule has 4 nitrogen and oxygen atoms in total. The standard InChI is InChI=1S/C18H20N2O2/c1-13(15-7-4-3-5-8-15)19-12-18(22)20-17-10-6-9-16(11-17)14(2)21/h3-11,13,19H,12H2,1-2H3,(H,20,22)/p+1/t13-/m1/s1. The maximum absolute atomic E-state index is 12.0. The molecule has 114 valence electrons. The van der Waals surface area contributed by atoms with Gasteiger partial charge in [-0.2, -0.15) is 0 Å². The highest BCUT2D eigenvalue weighted by Gasteiger charge is 2.11. The summed E-state index contributed by atoms with van der Waals surface area (Å²) >= 11 is 0. The first-order valence-corrected chi connectivity index (χ1v) is 7.35. The van der Waals surface area contributed by atoms with Crippen LogP contribution in [0.5, 0.6) is 0 Å². The van der Waals surface area contributed by atoms with Gasteiger partial charge in [0.2, 0.25) is 0 Å². The number of nitrogens with one attached hydrogen (secondary N) is 1. The molecule has 1 amide bonds. The number of hydrogen-bond acceptors (Lipinski definition) is 2. The van der Waals surface area contributed by atoms with Gasteiger partial charge < -0.3 is 10.6 Å². The summed E-state index contributed by atoms with van der Waals surface area (Å²) in [5, 5.41) is 4.81. The summed E-state index contributed by atoms with van der Waals surface area (Å²) < 4.78 is 0. The highest BCUT2D eigenvalue weighted by atomic mass is 16.2. The van der Waals surface area contributed by atoms with Crippen molar-refractivity contribution in [1.82, 2.24) is 0 Å². The minimum atomic E-state index is -0.0801. The van der Waals surface area contributed by atoms with Crippen LogP contribution in [0.4, 0.5) is 5.69 Å². The van der Waals surface area contributed by atoms with Crippen LogP contribution in [0, 0.1) is 0 Å². The quantitative estimate of drug-likeness (QED) is 0.803. The Morgan fingerprint density at radius 2 is 1.82 bits per heavy atom. The Bertz CT molecular complexity index is 653. The first-order valence-electron chi connectivity index (χ1n) is 7.35. The summed E-state index contributed by atoms with van der Waals surface area (Å²) in [4.78, 5) is 23.3. The van der Waals surface area contributed by atoms with E-state index in [2.05, 4.69) is 24.4 Å². The van der Waals surface area contributed by atoms with Gasteiger partial charge in [-0.05, 0) is 26.0 Å². The molecular weight excluding hydrogens is 276 g/mol. The third-order valence-corrected chi connectivity index (χ3v) is 3.54. The van der Waals surface area contributed by atoms with Gasteiger partial charge in [0.05, 0.1) is 0 Å². The highest BCUT2D eigenvalue weighted by molar-refractivity contribution is 5.97. The number of rotatable bonds is 6. The second-order valence-electron chi connectivity index (χ2n) is 5.32. The zero-order chi connectivity index (χ0) is 15.9. The normalized spacial score (nSPS) is 11.7. The van der Waals surface area contributed by atoms with Crippen molar-refractivity contribution in [2.45, 2.75) is 19.9 Å². The van der Waals surface area contributed by atoms with Crippen LogP contribution < -0.4 is 10.6 Å². The van der Waals surface area contributed by atoms with Gasteiger partial charge in [0.15, 0.2) is 12.3 Å². The van der Waals surface area contributed by atoms with Crippen LogP contribution in [-0.2, 0) is 4.79 Å². The van der Waals surface area contributed by atoms with Gasteiger partial charge in [-0.3, -0.25) is 9.59 Å². The molecule has 0 aliphatic carbocycles. The zero-order valence-corrected chi connectivity index (χ0v) is 12.9. The van der Waals surface area contributed by atoms with Crippen LogP contribution in [0.2, 0.25) is 0 Å². The Morgan fingerprint density at radius 1 is 1.09 bits per heavy atom. The number of quaternary nitrogens is 1. The molecular formula is C18H21N2O2+. The van der Waals surface area contributed by atoms with Crippen molar-refractivity contribution in [2.75, 3.05) is 11.9 Å². The Hall–Kier alpha value is -2.46. The molecule has 0 heterocycles. The lowest BCUT2D eigenvalue weighted by Crippen LogP contribution is -2.86. The number of Topliss-reactive ketones (excluding diaryl/α,β-unsaturated/α-hetero) is 1. The van der Waals surface area contributed by atoms with E-state index in [1.165, 1.54) is 12.5 Å². The fraction of sp³-hybridized carbons (Fsp3) is 0.222. The Kier molecular flexibility index (Phi) is 5.44. The molecule has 3 N–H and O–H groups in total. The number of hydrogen-bond donors (Lipinski definition) is 2. The topological polar surface area (TPSA) is 62.8 Å². The lowest BCUT2D eigenvalue weighted by atomic mass is 10.1. The van der Waals surface area contributed by atoms with Crippen molar-refractivity contribution in [3.05, 3.63) is 65.7 Å². The van der Waals surface area contributed by atoms with Crippen LogP contribution in [0.15, 0.2) is 54.6 Å². The Labute approximate surface area is 130 Å². The summed E-state index contributed by atoms with van der Waals surface area (Å²) in [5.41, 5.74) is 2.44. The Morgan fingerprint density at radius 3 is 2.50 bits per heavy atom. The van der Waals surface area contributed by atoms with E-state index in [0.717, 1.165) is 0 Å². The number of anilines is 1. The van der Waals surface area contributed by atoms with E-state index in [9.17, 15) is 9.59 Å². The van der Waals surface area contributed by atoms with E-state index in [4.69, 9.17) is 0 Å². The summed E-state index contributed by atoms with van der Waals surface area (Å²) in [5.74, 6) is -0.0937. The lowest BCUT2D eigenvalue weighted by molar-refractivity contribution is -0.682. The van der Waals surface area contributed by atoms with Crippen molar-refractivity contribution in [2.24, 2.45) is 0 Å². The van der Waals surface area contributed by atoms with Crippen LogP contribution in [0.1, 0.15) is 35.8 Å². The fourth-order valence-electron chi connectivity index (χ4n) is 2.20. The average Bonchev–Trinajstić information content (AvgIpc) is 2.53. The van der Waals surface area contributed by atoms with Crippen molar-refractivity contribution >= 4 is 17.4 Å². The van der Waals surface area contributed by atoms with E-state index in [1.807, 2.05) is 23.5 Å². The first kappa shape index (κ1) is 15.9. The second kappa shape index (κ2) is 7.52. The first-order chi connectivity index (χ1) is 10.6. The molecule has 0 unspecified atom stereocenters. The molecule has 0 fully saturated rings. The highest BCUT2D eigenvalue weighted by Crippen LogP contribution is 2.11. The van der Waals surface area contributed by atoms with Crippen molar-refractivity contribution in [3.8, 4) is 0 Å². The number of nitrogens with two attached hydrogens (primary N) is 1. The van der Waals surface area contributed by atoms with Crippen molar-refractivity contribution < 1.29 is 14.9 Å². The molecule has 1 atom stereocenters. The van der Waals surface area contributed by atoms with Gasteiger partial charge in [0.1, 0.15) is 6.04 Å². The zero-order valence-electron chi connectivity index (χ0n) is 12.9. The van der Waals surface area contributed by atoms with Gasteiger partial charge in [-0.1, -0.05) is 42.5 Å². The minimum absolute atomic E-state index is 0.0136. The van der Waals surface area contributed by atoms with E-state index < -0.39 is 0 Å². The molecule has 0 aliphatic rings. The van der Waals surface area contributed by atoms with Crippen molar-refractivity contribution in [1.29, 1.82) is 0 Å². The molecule has 0 aliphatic heterocycles. The van der Waals surface area contributed by atoms with Gasteiger partial charge in [0.25, 0.3) is 5.91 Å². The summed E-state index contributed by atoms with van der Waals surface area (Å²) in [6.45, 7) is 3.91. The fourth-order valence-corrected chi connectivity index (χ4v) is 2.20. The SMILES string of the molecule is CC(=O)c1cccc(NC(=O)C[NH2+][C@H](C)c2ccccc2)c1. The predicted molar refractivity (Wildman–Crippen MR) is 86.7 cm³/mol.